The van der Waals surface area contributed by atoms with Crippen LogP contribution in [0.2, 0.25) is 0 Å². The second-order valence-electron chi connectivity index (χ2n) is 7.80. The van der Waals surface area contributed by atoms with E-state index in [4.69, 9.17) is 5.26 Å². The van der Waals surface area contributed by atoms with E-state index >= 15 is 0 Å². The van der Waals surface area contributed by atoms with Gasteiger partial charge >= 0.3 is 0 Å². The SMILES string of the molecule is N#Cc1ccc(-c2cc(/C=C/c3ccccc3)cc(-c3cccc4ccccc34)c2)cc1. The van der Waals surface area contributed by atoms with Crippen molar-refractivity contribution in [3.63, 3.8) is 0 Å². The summed E-state index contributed by atoms with van der Waals surface area (Å²) in [4.78, 5) is 0. The van der Waals surface area contributed by atoms with Crippen molar-refractivity contribution in [3.8, 4) is 28.3 Å². The van der Waals surface area contributed by atoms with Crippen molar-refractivity contribution in [1.82, 2.24) is 0 Å². The van der Waals surface area contributed by atoms with Crippen LogP contribution in [-0.4, -0.2) is 0 Å². The summed E-state index contributed by atoms with van der Waals surface area (Å²) in [6.07, 6.45) is 4.31. The van der Waals surface area contributed by atoms with Crippen molar-refractivity contribution in [2.45, 2.75) is 0 Å². The predicted octanol–water partition coefficient (Wildman–Crippen LogP) is 8.22. The topological polar surface area (TPSA) is 23.8 Å². The van der Waals surface area contributed by atoms with Crippen molar-refractivity contribution in [3.05, 3.63) is 132 Å². The van der Waals surface area contributed by atoms with Crippen molar-refractivity contribution in [2.24, 2.45) is 0 Å². The molecule has 0 unspecified atom stereocenters. The second kappa shape index (κ2) is 8.76. The minimum atomic E-state index is 0.670. The fourth-order valence-corrected chi connectivity index (χ4v) is 4.04. The monoisotopic (exact) mass is 407 g/mol. The molecule has 0 aromatic heterocycles. The van der Waals surface area contributed by atoms with Crippen LogP contribution in [-0.2, 0) is 0 Å². The lowest BCUT2D eigenvalue weighted by atomic mass is 9.92. The molecule has 0 aliphatic carbocycles. The van der Waals surface area contributed by atoms with Gasteiger partial charge in [-0.25, -0.2) is 0 Å². The van der Waals surface area contributed by atoms with Crippen LogP contribution in [0.15, 0.2) is 115 Å². The third-order valence-electron chi connectivity index (χ3n) is 5.67. The third-order valence-corrected chi connectivity index (χ3v) is 5.67. The van der Waals surface area contributed by atoms with Crippen LogP contribution >= 0.6 is 0 Å². The summed E-state index contributed by atoms with van der Waals surface area (Å²) in [5.41, 5.74) is 7.60. The Kier molecular flexibility index (Phi) is 5.35. The molecule has 0 N–H and O–H groups in total. The fourth-order valence-electron chi connectivity index (χ4n) is 4.04. The first-order valence-corrected chi connectivity index (χ1v) is 10.7. The number of nitrogens with zero attached hydrogens (tertiary/aromatic N) is 1. The number of fused-ring (bicyclic) bond motifs is 1. The Hall–Kier alpha value is -4.41. The molecule has 0 fully saturated rings. The standard InChI is InChI=1S/C31H21N/c32-22-24-15-17-26(18-16-24)28-19-25(14-13-23-7-2-1-3-8-23)20-29(21-28)31-12-6-10-27-9-4-5-11-30(27)31/h1-21H/b14-13+. The summed E-state index contributed by atoms with van der Waals surface area (Å²) in [6.45, 7) is 0. The van der Waals surface area contributed by atoms with Gasteiger partial charge in [-0.15, -0.1) is 0 Å². The average Bonchev–Trinajstić information content (AvgIpc) is 2.87. The number of hydrogen-bond donors (Lipinski definition) is 0. The quantitative estimate of drug-likeness (QED) is 0.275. The highest BCUT2D eigenvalue weighted by Crippen LogP contribution is 2.33. The summed E-state index contributed by atoms with van der Waals surface area (Å²) < 4.78 is 0. The van der Waals surface area contributed by atoms with Gasteiger partial charge in [-0.05, 0) is 74.5 Å². The molecule has 0 radical (unpaired) electrons. The van der Waals surface area contributed by atoms with E-state index in [-0.39, 0.29) is 0 Å². The Balaban J connectivity index is 1.67. The largest absolute Gasteiger partial charge is 0.192 e. The maximum absolute atomic E-state index is 9.16. The lowest BCUT2D eigenvalue weighted by molar-refractivity contribution is 1.48. The molecule has 0 heterocycles. The van der Waals surface area contributed by atoms with Gasteiger partial charge in [-0.3, -0.25) is 0 Å². The first-order chi connectivity index (χ1) is 15.8. The molecule has 5 aromatic rings. The van der Waals surface area contributed by atoms with Gasteiger partial charge in [0.25, 0.3) is 0 Å². The van der Waals surface area contributed by atoms with Gasteiger partial charge in [0.05, 0.1) is 11.6 Å². The second-order valence-corrected chi connectivity index (χ2v) is 7.80. The molecule has 0 spiro atoms. The van der Waals surface area contributed by atoms with Gasteiger partial charge in [0.2, 0.25) is 0 Å². The zero-order valence-electron chi connectivity index (χ0n) is 17.6. The van der Waals surface area contributed by atoms with E-state index in [1.54, 1.807) is 0 Å². The highest BCUT2D eigenvalue weighted by Gasteiger charge is 2.08. The van der Waals surface area contributed by atoms with E-state index in [1.165, 1.54) is 27.5 Å². The summed E-state index contributed by atoms with van der Waals surface area (Å²) in [6, 6.07) is 42.0. The maximum Gasteiger partial charge on any atom is 0.0991 e. The van der Waals surface area contributed by atoms with Gasteiger partial charge in [-0.2, -0.15) is 5.26 Å². The molecule has 0 saturated carbocycles. The van der Waals surface area contributed by atoms with Crippen molar-refractivity contribution in [2.75, 3.05) is 0 Å². The summed E-state index contributed by atoms with van der Waals surface area (Å²) in [5, 5.41) is 11.6. The molecule has 0 aliphatic rings. The average molecular weight is 408 g/mol. The van der Waals surface area contributed by atoms with Crippen LogP contribution in [0, 0.1) is 11.3 Å². The Morgan fingerprint density at radius 3 is 2.03 bits per heavy atom. The molecule has 0 amide bonds. The summed E-state index contributed by atoms with van der Waals surface area (Å²) in [7, 11) is 0. The zero-order valence-corrected chi connectivity index (χ0v) is 17.6. The highest BCUT2D eigenvalue weighted by molar-refractivity contribution is 5.97. The van der Waals surface area contributed by atoms with Gasteiger partial charge in [-0.1, -0.05) is 97.1 Å². The molecular formula is C31H21N. The Bertz CT molecular complexity index is 1450. The number of rotatable bonds is 4. The van der Waals surface area contributed by atoms with Crippen LogP contribution < -0.4 is 0 Å². The molecule has 5 aromatic carbocycles. The molecule has 0 saturated heterocycles. The van der Waals surface area contributed by atoms with E-state index in [0.29, 0.717) is 5.56 Å². The van der Waals surface area contributed by atoms with Gasteiger partial charge in [0.1, 0.15) is 0 Å². The first kappa shape index (κ1) is 19.5. The number of nitriles is 1. The molecule has 0 bridgehead atoms. The smallest absolute Gasteiger partial charge is 0.0991 e. The van der Waals surface area contributed by atoms with Crippen LogP contribution in [0.3, 0.4) is 0 Å². The van der Waals surface area contributed by atoms with Crippen LogP contribution in [0.4, 0.5) is 0 Å². The maximum atomic E-state index is 9.16. The van der Waals surface area contributed by atoms with E-state index in [2.05, 4.69) is 91.0 Å². The molecule has 1 heteroatoms. The molecule has 5 rings (SSSR count). The molecule has 0 atom stereocenters. The number of benzene rings is 5. The minimum Gasteiger partial charge on any atom is -0.192 e. The molecule has 0 aliphatic heterocycles. The Labute approximate surface area is 188 Å². The Morgan fingerprint density at radius 2 is 1.22 bits per heavy atom. The van der Waals surface area contributed by atoms with E-state index in [9.17, 15) is 0 Å². The normalized spacial score (nSPS) is 11.0. The molecule has 1 nitrogen and oxygen atoms in total. The van der Waals surface area contributed by atoms with Crippen LogP contribution in [0.5, 0.6) is 0 Å². The fraction of sp³-hybridized carbons (Fsp3) is 0. The van der Waals surface area contributed by atoms with Crippen molar-refractivity contribution in [1.29, 1.82) is 5.26 Å². The minimum absolute atomic E-state index is 0.670. The van der Waals surface area contributed by atoms with Gasteiger partial charge in [0, 0.05) is 0 Å². The van der Waals surface area contributed by atoms with Gasteiger partial charge < -0.3 is 0 Å². The van der Waals surface area contributed by atoms with E-state index < -0.39 is 0 Å². The van der Waals surface area contributed by atoms with E-state index in [0.717, 1.165) is 16.7 Å². The van der Waals surface area contributed by atoms with Crippen molar-refractivity contribution < 1.29 is 0 Å². The van der Waals surface area contributed by atoms with Crippen LogP contribution in [0.1, 0.15) is 16.7 Å². The number of hydrogen-bond acceptors (Lipinski definition) is 1. The lowest BCUT2D eigenvalue weighted by Crippen LogP contribution is -1.87. The predicted molar refractivity (Wildman–Crippen MR) is 135 cm³/mol. The lowest BCUT2D eigenvalue weighted by Gasteiger charge is -2.11. The summed E-state index contributed by atoms with van der Waals surface area (Å²) in [5.74, 6) is 0. The summed E-state index contributed by atoms with van der Waals surface area (Å²) >= 11 is 0. The van der Waals surface area contributed by atoms with Crippen molar-refractivity contribution >= 4 is 22.9 Å². The third kappa shape index (κ3) is 4.08. The first-order valence-electron chi connectivity index (χ1n) is 10.7. The molecular weight excluding hydrogens is 386 g/mol. The molecule has 150 valence electrons. The Morgan fingerprint density at radius 1 is 0.531 bits per heavy atom. The van der Waals surface area contributed by atoms with E-state index in [1.807, 2.05) is 42.5 Å². The zero-order chi connectivity index (χ0) is 21.8. The van der Waals surface area contributed by atoms with Crippen LogP contribution in [0.25, 0.3) is 45.2 Å². The van der Waals surface area contributed by atoms with Gasteiger partial charge in [0.15, 0.2) is 0 Å². The highest BCUT2D eigenvalue weighted by atomic mass is 14.2. The molecule has 32 heavy (non-hydrogen) atoms.